The topological polar surface area (TPSA) is 88.5 Å². The molecular formula is C9H24Cl6F2O5P16S3. The highest BCUT2D eigenvalue weighted by Gasteiger charge is 2.35. The third-order valence-electron chi connectivity index (χ3n) is 2.56. The molecule has 0 bridgehead atoms. The molecule has 0 aromatic heterocycles. The standard InChI is InChI=1S/C9H6F2O2.3Cl2OS.H18P16/c10-7-2-3-8(11)6(5-7)1-4-9(12)13;3*1-4(2)3;1-10(2)14(9)16(13(7)8)15(11(3)4)12(5)6/h1-5H,(H,12,13);;;;1-9H2/b4-1+;;;;. The van der Waals surface area contributed by atoms with Crippen LogP contribution in [0, 0.1) is 11.6 Å². The van der Waals surface area contributed by atoms with E-state index in [1.165, 1.54) is 0 Å². The number of carboxylic acids is 1. The van der Waals surface area contributed by atoms with Crippen LogP contribution in [-0.2, 0) is 32.5 Å². The molecule has 1 aromatic rings. The third kappa shape index (κ3) is 40.0. The molecule has 41 heavy (non-hydrogen) atoms. The molecule has 5 nitrogen and oxygen atoms in total. The number of halogens is 8. The minimum Gasteiger partial charge on any atom is -0.478 e. The Bertz CT molecular complexity index is 929. The van der Waals surface area contributed by atoms with E-state index in [1.54, 1.807) is 0 Å². The Morgan fingerprint density at radius 3 is 1.32 bits per heavy atom. The minimum absolute atomic E-state index is 0.0635. The maximum Gasteiger partial charge on any atom is 0.328 e. The van der Waals surface area contributed by atoms with Crippen molar-refractivity contribution in [2.75, 3.05) is 0 Å². The zero-order valence-electron chi connectivity index (χ0n) is 19.5. The Balaban J connectivity index is -0.000000242. The highest BCUT2D eigenvalue weighted by Crippen LogP contribution is 3.24. The number of hydrogen-bond acceptors (Lipinski definition) is 4. The van der Waals surface area contributed by atoms with E-state index in [1.807, 2.05) is 0 Å². The summed E-state index contributed by atoms with van der Waals surface area (Å²) < 4.78 is 52.6. The lowest BCUT2D eigenvalue weighted by Gasteiger charge is -2.40. The normalized spacial score (nSPS) is 12.5. The van der Waals surface area contributed by atoms with Crippen LogP contribution in [0.2, 0.25) is 0 Å². The summed E-state index contributed by atoms with van der Waals surface area (Å²) in [6, 6.07) is 2.83. The van der Waals surface area contributed by atoms with Gasteiger partial charge in [-0.25, -0.2) is 26.2 Å². The molecular weight excluding hydrogens is 1030 g/mol. The molecule has 0 saturated carbocycles. The second-order valence-electron chi connectivity index (χ2n) is 5.27. The van der Waals surface area contributed by atoms with Gasteiger partial charge < -0.3 is 5.11 Å². The Morgan fingerprint density at radius 1 is 0.707 bits per heavy atom. The number of carboxylic acid groups (broad SMARTS) is 1. The zero-order valence-corrected chi connectivity index (χ0v) is 43.2. The lowest BCUT2D eigenvalue weighted by molar-refractivity contribution is -0.131. The van der Waals surface area contributed by atoms with Crippen LogP contribution < -0.4 is 0 Å². The highest BCUT2D eigenvalue weighted by atomic mass is 36.0. The molecule has 32 heteroatoms. The predicted octanol–water partition coefficient (Wildman–Crippen LogP) is 14.2. The van der Waals surface area contributed by atoms with E-state index in [2.05, 4.69) is 144 Å². The van der Waals surface area contributed by atoms with Crippen molar-refractivity contribution in [2.45, 2.75) is 0 Å². The molecule has 0 aliphatic heterocycles. The second-order valence-corrected chi connectivity index (χ2v) is 74.6. The van der Waals surface area contributed by atoms with Gasteiger partial charge in [-0.2, -0.15) is 0 Å². The van der Waals surface area contributed by atoms with Crippen LogP contribution in [0.25, 0.3) is 6.08 Å². The van der Waals surface area contributed by atoms with Gasteiger partial charge in [0.05, 0.1) is 0 Å². The fourth-order valence-corrected chi connectivity index (χ4v) is 165. The van der Waals surface area contributed by atoms with Gasteiger partial charge in [0.1, 0.15) is 11.6 Å². The van der Waals surface area contributed by atoms with Crippen LogP contribution >= 0.6 is 193 Å². The van der Waals surface area contributed by atoms with Gasteiger partial charge in [0, 0.05) is 75.7 Å². The predicted molar refractivity (Wildman–Crippen MR) is 238 cm³/mol. The average Bonchev–Trinajstić information content (AvgIpc) is 2.75. The third-order valence-corrected chi connectivity index (χ3v) is 98.5. The van der Waals surface area contributed by atoms with Crippen LogP contribution in [0.4, 0.5) is 8.78 Å². The van der Waals surface area contributed by atoms with Gasteiger partial charge in [0.15, 0.2) is 0 Å². The molecule has 0 saturated heterocycles. The molecule has 11 unspecified atom stereocenters. The number of aliphatic carboxylic acids is 1. The number of benzene rings is 1. The van der Waals surface area contributed by atoms with Crippen molar-refractivity contribution in [3.63, 3.8) is 0 Å². The van der Waals surface area contributed by atoms with Crippen LogP contribution in [0.3, 0.4) is 0 Å². The average molecular weight is 1050 g/mol. The first kappa shape index (κ1) is 55.1. The van der Waals surface area contributed by atoms with Gasteiger partial charge in [0.2, 0.25) is 27.7 Å². The van der Waals surface area contributed by atoms with E-state index in [4.69, 9.17) is 17.7 Å². The monoisotopic (exact) mass is 1050 g/mol. The first-order valence-corrected chi connectivity index (χ1v) is 45.0. The van der Waals surface area contributed by atoms with Crippen molar-refractivity contribution in [3.8, 4) is 0 Å². The van der Waals surface area contributed by atoms with Gasteiger partial charge in [0.25, 0.3) is 0 Å². The maximum absolute atomic E-state index is 12.8. The lowest BCUT2D eigenvalue weighted by atomic mass is 10.2. The molecule has 0 aliphatic carbocycles. The maximum atomic E-state index is 12.8. The minimum atomic E-state index is -1.67. The number of rotatable bonds is 8. The zero-order chi connectivity index (χ0) is 33.6. The van der Waals surface area contributed by atoms with Crippen molar-refractivity contribution >= 4 is 233 Å². The first-order chi connectivity index (χ1) is 18.5. The SMILES string of the molecule is O=C(O)/C=C/c1cc(F)ccc1F.O=S(Cl)Cl.O=S(Cl)Cl.O=S(Cl)Cl.PP(P)P(P)P(P(P)P)P(P(P)P)P(P)P. The highest BCUT2D eigenvalue weighted by molar-refractivity contribution is 9.30. The molecule has 0 aliphatic rings. The summed E-state index contributed by atoms with van der Waals surface area (Å²) in [5.41, 5.74) is -0.0811. The Kier molecular flexibility index (Phi) is 46.3. The van der Waals surface area contributed by atoms with Crippen molar-refractivity contribution < 1.29 is 31.3 Å². The van der Waals surface area contributed by atoms with Crippen LogP contribution in [0.1, 0.15) is 5.56 Å². The van der Waals surface area contributed by atoms with E-state index in [0.717, 1.165) is 30.4 Å². The molecule has 1 aromatic carbocycles. The number of hydrogen-bond donors (Lipinski definition) is 1. The van der Waals surface area contributed by atoms with E-state index < -0.39 is 45.3 Å². The Hall–Kier alpha value is 7.36. The molecule has 11 atom stereocenters. The van der Waals surface area contributed by atoms with Gasteiger partial charge in [-0.1, -0.05) is 0 Å². The summed E-state index contributed by atoms with van der Waals surface area (Å²) in [6.45, 7) is 0.740. The van der Waals surface area contributed by atoms with E-state index in [-0.39, 0.29) is 54.5 Å². The van der Waals surface area contributed by atoms with Crippen molar-refractivity contribution in [1.82, 2.24) is 0 Å². The van der Waals surface area contributed by atoms with E-state index in [9.17, 15) is 13.6 Å². The van der Waals surface area contributed by atoms with Gasteiger partial charge in [-0.05, 0) is 73.2 Å². The van der Waals surface area contributed by atoms with Crippen LogP contribution in [0.5, 0.6) is 0 Å². The molecule has 0 amide bonds. The molecule has 1 N–H and O–H groups in total. The molecule has 1 rings (SSSR count). The quantitative estimate of drug-likeness (QED) is 0.159. The van der Waals surface area contributed by atoms with E-state index in [0.29, 0.717) is 0 Å². The first-order valence-electron chi connectivity index (χ1n) is 8.40. The molecule has 0 radical (unpaired) electrons. The summed E-state index contributed by atoms with van der Waals surface area (Å²) in [6.07, 6.45) is 1.75. The van der Waals surface area contributed by atoms with Crippen molar-refractivity contribution in [1.29, 1.82) is 0 Å². The summed E-state index contributed by atoms with van der Waals surface area (Å²) in [5.74, 6) is -2.46. The molecule has 0 heterocycles. The van der Waals surface area contributed by atoms with Crippen LogP contribution in [0.15, 0.2) is 24.3 Å². The second kappa shape index (κ2) is 34.4. The Labute approximate surface area is 302 Å². The summed E-state index contributed by atoms with van der Waals surface area (Å²) in [5, 5.41) is 8.23. The molecule has 0 spiro atoms. The van der Waals surface area contributed by atoms with Crippen molar-refractivity contribution in [3.05, 3.63) is 41.5 Å². The lowest BCUT2D eigenvalue weighted by Crippen LogP contribution is -1.88. The van der Waals surface area contributed by atoms with Gasteiger partial charge in [-0.3, -0.25) is 0 Å². The summed E-state index contributed by atoms with van der Waals surface area (Å²) in [4.78, 5) is 10.1. The fraction of sp³-hybridized carbons (Fsp3) is 0. The smallest absolute Gasteiger partial charge is 0.328 e. The van der Waals surface area contributed by atoms with Gasteiger partial charge >= 0.3 is 5.97 Å². The van der Waals surface area contributed by atoms with Crippen molar-refractivity contribution in [2.24, 2.45) is 0 Å². The fourth-order valence-electron chi connectivity index (χ4n) is 1.48. The number of carbonyl (C=O) groups is 1. The molecule has 0 fully saturated rings. The van der Waals surface area contributed by atoms with E-state index >= 15 is 0 Å². The Morgan fingerprint density at radius 2 is 1.05 bits per heavy atom. The van der Waals surface area contributed by atoms with Crippen LogP contribution in [-0.4, -0.2) is 23.7 Å². The largest absolute Gasteiger partial charge is 0.478 e. The molecule has 244 valence electrons. The summed E-state index contributed by atoms with van der Waals surface area (Å²) >= 11 is 0. The summed E-state index contributed by atoms with van der Waals surface area (Å²) in [7, 11) is 49.9. The van der Waals surface area contributed by atoms with Gasteiger partial charge in [-0.15, -0.1) is 80.4 Å².